The van der Waals surface area contributed by atoms with E-state index in [2.05, 4.69) is 9.97 Å². The number of aromatic nitrogens is 3. The number of benzene rings is 1. The van der Waals surface area contributed by atoms with Crippen LogP contribution in [0.3, 0.4) is 0 Å². The molecule has 6 heteroatoms. The van der Waals surface area contributed by atoms with E-state index in [1.54, 1.807) is 0 Å². The van der Waals surface area contributed by atoms with Crippen LogP contribution >= 0.6 is 0 Å². The number of nitrogens with zero attached hydrogens (tertiary/aromatic N) is 4. The number of aryl methyl sites for hydroxylation is 1. The summed E-state index contributed by atoms with van der Waals surface area (Å²) in [6, 6.07) is 10.1. The molecule has 0 atom stereocenters. The molecule has 1 aliphatic heterocycles. The lowest BCUT2D eigenvalue weighted by atomic mass is 10.1. The molecule has 4 rings (SSSR count). The van der Waals surface area contributed by atoms with Crippen molar-refractivity contribution in [2.24, 2.45) is 0 Å². The van der Waals surface area contributed by atoms with Crippen LogP contribution in [0.5, 0.6) is 0 Å². The molecule has 0 N–H and O–H groups in total. The van der Waals surface area contributed by atoms with E-state index in [4.69, 9.17) is 4.74 Å². The SMILES string of the molecule is Cc1ncc2ccn(-c3ccc(CC(=O)N4CCOCC4)cc3)c2n1. The minimum absolute atomic E-state index is 0.158. The van der Waals surface area contributed by atoms with E-state index in [0.29, 0.717) is 32.7 Å². The minimum atomic E-state index is 0.158. The molecule has 1 fully saturated rings. The lowest BCUT2D eigenvalue weighted by Gasteiger charge is -2.26. The van der Waals surface area contributed by atoms with Gasteiger partial charge >= 0.3 is 0 Å². The Kier molecular flexibility index (Phi) is 4.19. The summed E-state index contributed by atoms with van der Waals surface area (Å²) >= 11 is 0. The molecule has 0 radical (unpaired) electrons. The molecule has 3 heterocycles. The number of fused-ring (bicyclic) bond motifs is 1. The Balaban J connectivity index is 1.53. The van der Waals surface area contributed by atoms with Crippen LogP contribution in [0.25, 0.3) is 16.7 Å². The molecule has 0 bridgehead atoms. The third-order valence-electron chi connectivity index (χ3n) is 4.48. The summed E-state index contributed by atoms with van der Waals surface area (Å²) in [5.74, 6) is 0.908. The number of ether oxygens (including phenoxy) is 1. The van der Waals surface area contributed by atoms with Gasteiger partial charge in [0, 0.05) is 36.6 Å². The fraction of sp³-hybridized carbons (Fsp3) is 0.316. The van der Waals surface area contributed by atoms with E-state index in [0.717, 1.165) is 28.1 Å². The Labute approximate surface area is 146 Å². The van der Waals surface area contributed by atoms with Gasteiger partial charge in [-0.15, -0.1) is 0 Å². The molecule has 0 spiro atoms. The summed E-state index contributed by atoms with van der Waals surface area (Å²) in [4.78, 5) is 23.0. The molecule has 2 aromatic heterocycles. The monoisotopic (exact) mass is 336 g/mol. The summed E-state index contributed by atoms with van der Waals surface area (Å²) in [6.45, 7) is 4.52. The maximum absolute atomic E-state index is 12.3. The summed E-state index contributed by atoms with van der Waals surface area (Å²) in [5.41, 5.74) is 2.93. The van der Waals surface area contributed by atoms with Crippen molar-refractivity contribution in [3.8, 4) is 5.69 Å². The lowest BCUT2D eigenvalue weighted by molar-refractivity contribution is -0.134. The molecule has 1 amide bonds. The zero-order valence-electron chi connectivity index (χ0n) is 14.2. The normalized spacial score (nSPS) is 14.8. The quantitative estimate of drug-likeness (QED) is 0.735. The first-order valence-electron chi connectivity index (χ1n) is 8.46. The zero-order valence-corrected chi connectivity index (χ0v) is 14.2. The van der Waals surface area contributed by atoms with Crippen molar-refractivity contribution in [3.05, 3.63) is 54.1 Å². The second-order valence-electron chi connectivity index (χ2n) is 6.22. The number of morpholine rings is 1. The van der Waals surface area contributed by atoms with Crippen LogP contribution in [0.2, 0.25) is 0 Å². The molecular weight excluding hydrogens is 316 g/mol. The largest absolute Gasteiger partial charge is 0.378 e. The van der Waals surface area contributed by atoms with Crippen molar-refractivity contribution in [2.75, 3.05) is 26.3 Å². The van der Waals surface area contributed by atoms with Crippen molar-refractivity contribution in [1.82, 2.24) is 19.4 Å². The summed E-state index contributed by atoms with van der Waals surface area (Å²) in [6.07, 6.45) is 4.25. The fourth-order valence-corrected chi connectivity index (χ4v) is 3.09. The van der Waals surface area contributed by atoms with Crippen molar-refractivity contribution >= 4 is 16.9 Å². The van der Waals surface area contributed by atoms with Crippen LogP contribution in [-0.2, 0) is 16.0 Å². The Hall–Kier alpha value is -2.73. The Morgan fingerprint density at radius 2 is 1.92 bits per heavy atom. The molecule has 6 nitrogen and oxygen atoms in total. The van der Waals surface area contributed by atoms with Gasteiger partial charge in [-0.3, -0.25) is 4.79 Å². The first-order valence-corrected chi connectivity index (χ1v) is 8.46. The zero-order chi connectivity index (χ0) is 17.2. The predicted molar refractivity (Wildman–Crippen MR) is 94.7 cm³/mol. The Bertz CT molecular complexity index is 895. The summed E-state index contributed by atoms with van der Waals surface area (Å²) in [5, 5.41) is 1.01. The van der Waals surface area contributed by atoms with Gasteiger partial charge in [-0.05, 0) is 30.7 Å². The third-order valence-corrected chi connectivity index (χ3v) is 4.48. The maximum atomic E-state index is 12.3. The van der Waals surface area contributed by atoms with Gasteiger partial charge in [-0.2, -0.15) is 0 Å². The van der Waals surface area contributed by atoms with Gasteiger partial charge in [-0.1, -0.05) is 12.1 Å². The third kappa shape index (κ3) is 3.25. The van der Waals surface area contributed by atoms with Crippen LogP contribution < -0.4 is 0 Å². The predicted octanol–water partition coefficient (Wildman–Crippen LogP) is 2.13. The molecule has 3 aromatic rings. The highest BCUT2D eigenvalue weighted by molar-refractivity contribution is 5.79. The van der Waals surface area contributed by atoms with E-state index in [-0.39, 0.29) is 5.91 Å². The van der Waals surface area contributed by atoms with Crippen LogP contribution in [0.4, 0.5) is 0 Å². The highest BCUT2D eigenvalue weighted by Gasteiger charge is 2.17. The Morgan fingerprint density at radius 1 is 1.16 bits per heavy atom. The highest BCUT2D eigenvalue weighted by Crippen LogP contribution is 2.19. The second-order valence-corrected chi connectivity index (χ2v) is 6.22. The van der Waals surface area contributed by atoms with Crippen molar-refractivity contribution < 1.29 is 9.53 Å². The van der Waals surface area contributed by atoms with Gasteiger partial charge in [0.25, 0.3) is 0 Å². The van der Waals surface area contributed by atoms with Gasteiger partial charge in [0.05, 0.1) is 19.6 Å². The number of hydrogen-bond donors (Lipinski definition) is 0. The van der Waals surface area contributed by atoms with E-state index in [1.807, 2.05) is 59.1 Å². The number of rotatable bonds is 3. The minimum Gasteiger partial charge on any atom is -0.378 e. The standard InChI is InChI=1S/C19H20N4O2/c1-14-20-13-16-6-7-23(19(16)21-14)17-4-2-15(3-5-17)12-18(24)22-8-10-25-11-9-22/h2-7,13H,8-12H2,1H3. The number of hydrogen-bond acceptors (Lipinski definition) is 4. The average molecular weight is 336 g/mol. The molecule has 25 heavy (non-hydrogen) atoms. The van der Waals surface area contributed by atoms with E-state index >= 15 is 0 Å². The van der Waals surface area contributed by atoms with Crippen LogP contribution in [0.1, 0.15) is 11.4 Å². The Morgan fingerprint density at radius 3 is 2.68 bits per heavy atom. The van der Waals surface area contributed by atoms with Gasteiger partial charge in [0.15, 0.2) is 0 Å². The van der Waals surface area contributed by atoms with Gasteiger partial charge in [0.1, 0.15) is 11.5 Å². The van der Waals surface area contributed by atoms with Crippen LogP contribution in [-0.4, -0.2) is 51.6 Å². The topological polar surface area (TPSA) is 60.2 Å². The van der Waals surface area contributed by atoms with Crippen molar-refractivity contribution in [2.45, 2.75) is 13.3 Å². The maximum Gasteiger partial charge on any atom is 0.227 e. The van der Waals surface area contributed by atoms with Crippen molar-refractivity contribution in [1.29, 1.82) is 0 Å². The van der Waals surface area contributed by atoms with E-state index in [9.17, 15) is 4.79 Å². The van der Waals surface area contributed by atoms with Crippen LogP contribution in [0, 0.1) is 6.92 Å². The number of carbonyl (C=O) groups excluding carboxylic acids is 1. The fourth-order valence-electron chi connectivity index (χ4n) is 3.09. The first kappa shape index (κ1) is 15.8. The average Bonchev–Trinajstić information content (AvgIpc) is 3.06. The van der Waals surface area contributed by atoms with Crippen molar-refractivity contribution in [3.63, 3.8) is 0 Å². The highest BCUT2D eigenvalue weighted by atomic mass is 16.5. The van der Waals surface area contributed by atoms with Crippen LogP contribution in [0.15, 0.2) is 42.7 Å². The molecule has 1 aliphatic rings. The van der Waals surface area contributed by atoms with Gasteiger partial charge in [-0.25, -0.2) is 9.97 Å². The molecule has 0 unspecified atom stereocenters. The number of amides is 1. The van der Waals surface area contributed by atoms with Gasteiger partial charge in [0.2, 0.25) is 5.91 Å². The van der Waals surface area contributed by atoms with E-state index < -0.39 is 0 Å². The molecule has 128 valence electrons. The number of carbonyl (C=O) groups is 1. The first-order chi connectivity index (χ1) is 12.2. The molecule has 1 saturated heterocycles. The second kappa shape index (κ2) is 6.64. The summed E-state index contributed by atoms with van der Waals surface area (Å²) < 4.78 is 7.33. The summed E-state index contributed by atoms with van der Waals surface area (Å²) in [7, 11) is 0. The lowest BCUT2D eigenvalue weighted by Crippen LogP contribution is -2.41. The molecular formula is C19H20N4O2. The molecule has 1 aromatic carbocycles. The van der Waals surface area contributed by atoms with E-state index in [1.165, 1.54) is 0 Å². The van der Waals surface area contributed by atoms with Gasteiger partial charge < -0.3 is 14.2 Å². The molecule has 0 saturated carbocycles. The smallest absolute Gasteiger partial charge is 0.227 e. The molecule has 0 aliphatic carbocycles.